The molecule has 0 atom stereocenters. The summed E-state index contributed by atoms with van der Waals surface area (Å²) in [5, 5.41) is 0.00620. The van der Waals surface area contributed by atoms with Crippen LogP contribution in [0.1, 0.15) is 26.2 Å². The predicted molar refractivity (Wildman–Crippen MR) is 102 cm³/mol. The van der Waals surface area contributed by atoms with E-state index >= 15 is 0 Å². The van der Waals surface area contributed by atoms with Gasteiger partial charge in [-0.2, -0.15) is 4.98 Å². The van der Waals surface area contributed by atoms with Gasteiger partial charge in [0.1, 0.15) is 11.5 Å². The maximum Gasteiger partial charge on any atom is 0.252 e. The van der Waals surface area contributed by atoms with Gasteiger partial charge in [-0.25, -0.2) is 17.8 Å². The summed E-state index contributed by atoms with van der Waals surface area (Å²) in [6, 6.07) is 8.88. The van der Waals surface area contributed by atoms with Crippen molar-refractivity contribution in [2.75, 3.05) is 6.26 Å². The summed E-state index contributed by atoms with van der Waals surface area (Å²) in [4.78, 5) is 20.6. The lowest BCUT2D eigenvalue weighted by Gasteiger charge is -2.13. The molecule has 0 radical (unpaired) electrons. The normalized spacial score (nSPS) is 11.8. The predicted octanol–water partition coefficient (Wildman–Crippen LogP) is 3.19. The highest BCUT2D eigenvalue weighted by Gasteiger charge is 2.20. The van der Waals surface area contributed by atoms with Crippen LogP contribution in [0.5, 0.6) is 0 Å². The molecule has 0 fully saturated rings. The Hall–Kier alpha value is -2.61. The maximum absolute atomic E-state index is 14.4. The molecule has 3 aromatic rings. The Kier molecular flexibility index (Phi) is 5.36. The van der Waals surface area contributed by atoms with Gasteiger partial charge in [0.05, 0.1) is 5.69 Å². The van der Waals surface area contributed by atoms with E-state index in [1.807, 2.05) is 6.92 Å². The first-order valence-electron chi connectivity index (χ1n) is 8.69. The van der Waals surface area contributed by atoms with E-state index in [9.17, 15) is 17.6 Å². The SMILES string of the molecule is CCCCCn1c(=O)ccc2c(-c3ccccc3F)nc(S(C)(=O)=O)nc21. The molecule has 6 nitrogen and oxygen atoms in total. The third-order valence-corrected chi connectivity index (χ3v) is 5.11. The first kappa shape index (κ1) is 19.2. The fourth-order valence-corrected chi connectivity index (χ4v) is 3.42. The summed E-state index contributed by atoms with van der Waals surface area (Å²) >= 11 is 0. The van der Waals surface area contributed by atoms with E-state index in [2.05, 4.69) is 9.97 Å². The number of nitrogens with zero attached hydrogens (tertiary/aromatic N) is 3. The molecule has 0 spiro atoms. The summed E-state index contributed by atoms with van der Waals surface area (Å²) < 4.78 is 40.0. The third kappa shape index (κ3) is 3.90. The van der Waals surface area contributed by atoms with Gasteiger partial charge in [-0.3, -0.25) is 9.36 Å². The summed E-state index contributed by atoms with van der Waals surface area (Å²) in [7, 11) is -3.75. The molecule has 0 amide bonds. The molecule has 8 heteroatoms. The lowest BCUT2D eigenvalue weighted by molar-refractivity contribution is 0.586. The fourth-order valence-electron chi connectivity index (χ4n) is 2.91. The smallest absolute Gasteiger partial charge is 0.252 e. The van der Waals surface area contributed by atoms with Crippen LogP contribution < -0.4 is 5.56 Å². The largest absolute Gasteiger partial charge is 0.293 e. The standard InChI is InChI=1S/C19H20FN3O3S/c1-3-4-7-12-23-16(24)11-10-14-17(13-8-5-6-9-15(13)20)21-19(22-18(14)23)27(2,25)26/h5-6,8-11H,3-4,7,12H2,1-2H3. The second-order valence-electron chi connectivity index (χ2n) is 6.37. The van der Waals surface area contributed by atoms with Crippen molar-refractivity contribution in [2.45, 2.75) is 37.9 Å². The molecule has 2 aromatic heterocycles. The highest BCUT2D eigenvalue weighted by atomic mass is 32.2. The Labute approximate surface area is 156 Å². The number of hydrogen-bond acceptors (Lipinski definition) is 5. The van der Waals surface area contributed by atoms with Crippen LogP contribution in [-0.4, -0.2) is 29.2 Å². The molecule has 0 saturated heterocycles. The molecule has 3 rings (SSSR count). The topological polar surface area (TPSA) is 81.9 Å². The summed E-state index contributed by atoms with van der Waals surface area (Å²) in [6.07, 6.45) is 3.64. The monoisotopic (exact) mass is 389 g/mol. The molecule has 1 aromatic carbocycles. The first-order chi connectivity index (χ1) is 12.8. The molecule has 0 N–H and O–H groups in total. The molecule has 0 unspecified atom stereocenters. The van der Waals surface area contributed by atoms with Crippen LogP contribution in [-0.2, 0) is 16.4 Å². The van der Waals surface area contributed by atoms with Crippen LogP contribution in [0.4, 0.5) is 4.39 Å². The van der Waals surface area contributed by atoms with Gasteiger partial charge in [0, 0.05) is 29.8 Å². The van der Waals surface area contributed by atoms with Crippen LogP contribution in [0.15, 0.2) is 46.3 Å². The zero-order chi connectivity index (χ0) is 19.6. The van der Waals surface area contributed by atoms with Gasteiger partial charge in [-0.1, -0.05) is 31.9 Å². The number of aromatic nitrogens is 3. The van der Waals surface area contributed by atoms with Gasteiger partial charge < -0.3 is 0 Å². The number of halogens is 1. The number of rotatable bonds is 6. The first-order valence-corrected chi connectivity index (χ1v) is 10.6. The highest BCUT2D eigenvalue weighted by Crippen LogP contribution is 2.28. The quantitative estimate of drug-likeness (QED) is 0.478. The summed E-state index contributed by atoms with van der Waals surface area (Å²) in [6.45, 7) is 2.45. The molecule has 0 aliphatic carbocycles. The zero-order valence-electron chi connectivity index (χ0n) is 15.1. The van der Waals surface area contributed by atoms with Crippen LogP contribution in [0.2, 0.25) is 0 Å². The average Bonchev–Trinajstić information content (AvgIpc) is 2.62. The molecule has 142 valence electrons. The van der Waals surface area contributed by atoms with E-state index < -0.39 is 20.8 Å². The zero-order valence-corrected chi connectivity index (χ0v) is 16.0. The van der Waals surface area contributed by atoms with E-state index in [-0.39, 0.29) is 22.5 Å². The highest BCUT2D eigenvalue weighted by molar-refractivity contribution is 7.90. The van der Waals surface area contributed by atoms with Gasteiger partial charge in [-0.15, -0.1) is 0 Å². The van der Waals surface area contributed by atoms with E-state index in [1.54, 1.807) is 12.1 Å². The molecule has 0 saturated carbocycles. The Morgan fingerprint density at radius 2 is 1.81 bits per heavy atom. The molecule has 0 aliphatic rings. The maximum atomic E-state index is 14.4. The molecule has 0 bridgehead atoms. The van der Waals surface area contributed by atoms with E-state index in [4.69, 9.17) is 0 Å². The van der Waals surface area contributed by atoms with Crippen molar-refractivity contribution in [1.82, 2.24) is 14.5 Å². The summed E-state index contributed by atoms with van der Waals surface area (Å²) in [5.74, 6) is -0.527. The van der Waals surface area contributed by atoms with Gasteiger partial charge in [0.25, 0.3) is 5.56 Å². The number of unbranched alkanes of at least 4 members (excludes halogenated alkanes) is 2. The van der Waals surface area contributed by atoms with Gasteiger partial charge in [0.2, 0.25) is 15.0 Å². The van der Waals surface area contributed by atoms with Crippen molar-refractivity contribution in [3.05, 3.63) is 52.6 Å². The van der Waals surface area contributed by atoms with Gasteiger partial charge in [0.15, 0.2) is 0 Å². The minimum atomic E-state index is -3.75. The number of benzene rings is 1. The van der Waals surface area contributed by atoms with Gasteiger partial charge >= 0.3 is 0 Å². The minimum Gasteiger partial charge on any atom is -0.293 e. The van der Waals surface area contributed by atoms with Crippen molar-refractivity contribution in [2.24, 2.45) is 0 Å². The van der Waals surface area contributed by atoms with Gasteiger partial charge in [-0.05, 0) is 24.6 Å². The summed E-state index contributed by atoms with van der Waals surface area (Å²) in [5.41, 5.74) is 0.236. The van der Waals surface area contributed by atoms with E-state index in [1.165, 1.54) is 28.8 Å². The van der Waals surface area contributed by atoms with Crippen LogP contribution in [0, 0.1) is 5.82 Å². The van der Waals surface area contributed by atoms with Crippen LogP contribution in [0.3, 0.4) is 0 Å². The average molecular weight is 389 g/mol. The van der Waals surface area contributed by atoms with Crippen LogP contribution >= 0.6 is 0 Å². The minimum absolute atomic E-state index is 0.155. The second-order valence-corrected chi connectivity index (χ2v) is 8.28. The number of aryl methyl sites for hydroxylation is 1. The lowest BCUT2D eigenvalue weighted by Crippen LogP contribution is -2.21. The van der Waals surface area contributed by atoms with E-state index in [0.717, 1.165) is 25.5 Å². The van der Waals surface area contributed by atoms with Crippen molar-refractivity contribution in [1.29, 1.82) is 0 Å². The Morgan fingerprint density at radius 3 is 2.48 bits per heavy atom. The van der Waals surface area contributed by atoms with Crippen molar-refractivity contribution in [3.8, 4) is 11.3 Å². The number of pyridine rings is 1. The lowest BCUT2D eigenvalue weighted by atomic mass is 10.1. The molecule has 0 aliphatic heterocycles. The Balaban J connectivity index is 2.37. The van der Waals surface area contributed by atoms with Crippen molar-refractivity contribution < 1.29 is 12.8 Å². The fraction of sp³-hybridized carbons (Fsp3) is 0.316. The molecule has 2 heterocycles. The number of sulfone groups is 1. The Bertz CT molecular complexity index is 1160. The second kappa shape index (κ2) is 7.56. The molecular formula is C19H20FN3O3S. The van der Waals surface area contributed by atoms with Crippen molar-refractivity contribution in [3.63, 3.8) is 0 Å². The third-order valence-electron chi connectivity index (χ3n) is 4.27. The molecular weight excluding hydrogens is 369 g/mol. The van der Waals surface area contributed by atoms with Crippen molar-refractivity contribution >= 4 is 20.9 Å². The Morgan fingerprint density at radius 1 is 1.07 bits per heavy atom. The number of hydrogen-bond donors (Lipinski definition) is 0. The molecule has 27 heavy (non-hydrogen) atoms. The van der Waals surface area contributed by atoms with E-state index in [0.29, 0.717) is 11.9 Å². The van der Waals surface area contributed by atoms with Crippen LogP contribution in [0.25, 0.3) is 22.3 Å². The number of fused-ring (bicyclic) bond motifs is 1.